The lowest BCUT2D eigenvalue weighted by Crippen LogP contribution is -2.17. The number of anilines is 1. The number of amides is 1. The number of aryl methyl sites for hydroxylation is 4. The van der Waals surface area contributed by atoms with Crippen molar-refractivity contribution in [2.45, 2.75) is 27.7 Å². The molecule has 0 aliphatic rings. The summed E-state index contributed by atoms with van der Waals surface area (Å²) in [6, 6.07) is 11.8. The molecule has 0 radical (unpaired) electrons. The Labute approximate surface area is 174 Å². The Morgan fingerprint density at radius 3 is 2.27 bits per heavy atom. The molecule has 0 saturated heterocycles. The zero-order chi connectivity index (χ0) is 21.8. The number of Topliss-reactive ketones (excluding diaryl/α,β-unsaturated/α-hetero) is 1. The van der Waals surface area contributed by atoms with E-state index in [0.717, 1.165) is 22.3 Å². The first-order valence-electron chi connectivity index (χ1n) is 9.50. The minimum absolute atomic E-state index is 0.164. The van der Waals surface area contributed by atoms with Crippen LogP contribution in [-0.4, -0.2) is 24.3 Å². The predicted molar refractivity (Wildman–Crippen MR) is 113 cm³/mol. The second-order valence-electron chi connectivity index (χ2n) is 7.23. The number of rotatable bonds is 6. The summed E-state index contributed by atoms with van der Waals surface area (Å²) in [5.41, 5.74) is 4.82. The first kappa shape index (κ1) is 21.0. The molecule has 0 spiro atoms. The maximum atomic E-state index is 12.6. The number of ketones is 1. The number of hydrogen-bond donors (Lipinski definition) is 1. The summed E-state index contributed by atoms with van der Waals surface area (Å²) in [6.07, 6.45) is 1.41. The molecule has 0 aliphatic heterocycles. The molecule has 1 N–H and O–H groups in total. The fourth-order valence-corrected chi connectivity index (χ4v) is 3.38. The smallest absolute Gasteiger partial charge is 0.338 e. The Hall–Kier alpha value is -3.67. The highest BCUT2D eigenvalue weighted by Crippen LogP contribution is 2.20. The zero-order valence-electron chi connectivity index (χ0n) is 17.4. The number of nitrogens with one attached hydrogen (secondary N) is 1. The van der Waals surface area contributed by atoms with Crippen LogP contribution in [0, 0.1) is 27.7 Å². The third-order valence-electron chi connectivity index (χ3n) is 4.76. The second-order valence-corrected chi connectivity index (χ2v) is 7.23. The van der Waals surface area contributed by atoms with Gasteiger partial charge in [0.15, 0.2) is 12.4 Å². The van der Waals surface area contributed by atoms with Gasteiger partial charge in [-0.2, -0.15) is 0 Å². The van der Waals surface area contributed by atoms with E-state index in [4.69, 9.17) is 9.15 Å². The van der Waals surface area contributed by atoms with E-state index < -0.39 is 11.9 Å². The fraction of sp³-hybridized carbons (Fsp3) is 0.208. The topological polar surface area (TPSA) is 85.6 Å². The minimum atomic E-state index is -0.640. The van der Waals surface area contributed by atoms with Crippen LogP contribution in [0.25, 0.3) is 0 Å². The minimum Gasteiger partial charge on any atom is -0.459 e. The molecule has 1 amide bonds. The number of carbonyl (C=O) groups is 3. The summed E-state index contributed by atoms with van der Waals surface area (Å²) in [4.78, 5) is 37.3. The van der Waals surface area contributed by atoms with Crippen molar-refractivity contribution in [1.29, 1.82) is 0 Å². The summed E-state index contributed by atoms with van der Waals surface area (Å²) >= 11 is 0. The lowest BCUT2D eigenvalue weighted by atomic mass is 9.97. The fourth-order valence-electron chi connectivity index (χ4n) is 3.38. The van der Waals surface area contributed by atoms with E-state index >= 15 is 0 Å². The van der Waals surface area contributed by atoms with Crippen LogP contribution in [0.15, 0.2) is 53.1 Å². The van der Waals surface area contributed by atoms with Crippen LogP contribution in [0.2, 0.25) is 0 Å². The molecule has 0 aliphatic carbocycles. The van der Waals surface area contributed by atoms with Crippen molar-refractivity contribution in [3.05, 3.63) is 87.9 Å². The Bertz CT molecular complexity index is 1090. The van der Waals surface area contributed by atoms with Crippen LogP contribution in [0.1, 0.15) is 53.5 Å². The van der Waals surface area contributed by atoms with Crippen molar-refractivity contribution in [2.75, 3.05) is 11.9 Å². The molecule has 0 unspecified atom stereocenters. The molecule has 3 aromatic rings. The van der Waals surface area contributed by atoms with Gasteiger partial charge in [0.25, 0.3) is 5.91 Å². The average Bonchev–Trinajstić information content (AvgIpc) is 3.22. The Morgan fingerprint density at radius 1 is 0.933 bits per heavy atom. The number of ether oxygens (including phenoxy) is 1. The molecule has 0 saturated carbocycles. The molecule has 1 heterocycles. The molecule has 0 bridgehead atoms. The number of furan rings is 1. The summed E-state index contributed by atoms with van der Waals surface area (Å²) < 4.78 is 10.3. The van der Waals surface area contributed by atoms with E-state index in [-0.39, 0.29) is 23.7 Å². The maximum absolute atomic E-state index is 12.6. The summed E-state index contributed by atoms with van der Waals surface area (Å²) in [7, 11) is 0. The molecule has 0 fully saturated rings. The maximum Gasteiger partial charge on any atom is 0.338 e. The molecule has 6 nitrogen and oxygen atoms in total. The first-order chi connectivity index (χ1) is 14.3. The van der Waals surface area contributed by atoms with Gasteiger partial charge < -0.3 is 14.5 Å². The first-order valence-corrected chi connectivity index (χ1v) is 9.50. The van der Waals surface area contributed by atoms with Crippen molar-refractivity contribution >= 4 is 23.3 Å². The van der Waals surface area contributed by atoms with Crippen LogP contribution in [0.3, 0.4) is 0 Å². The average molecular weight is 405 g/mol. The zero-order valence-corrected chi connectivity index (χ0v) is 17.4. The van der Waals surface area contributed by atoms with Gasteiger partial charge in [-0.1, -0.05) is 23.8 Å². The quantitative estimate of drug-likeness (QED) is 0.470. The second kappa shape index (κ2) is 8.78. The molecular weight excluding hydrogens is 382 g/mol. The lowest BCUT2D eigenvalue weighted by Gasteiger charge is -2.12. The molecular formula is C24H23NO5. The van der Waals surface area contributed by atoms with Crippen molar-refractivity contribution < 1.29 is 23.5 Å². The van der Waals surface area contributed by atoms with Gasteiger partial charge in [-0.3, -0.25) is 9.59 Å². The predicted octanol–water partition coefficient (Wildman–Crippen LogP) is 4.81. The van der Waals surface area contributed by atoms with E-state index in [9.17, 15) is 14.4 Å². The standard InChI is InChI=1S/C24H23NO5/c1-14-10-16(3)22(17(4)11-14)20(26)13-30-24(28)18-8-7-15(2)19(12-18)25-23(27)21-6-5-9-29-21/h5-12H,13H2,1-4H3,(H,25,27). The van der Waals surface area contributed by atoms with Gasteiger partial charge in [0.2, 0.25) is 5.78 Å². The summed E-state index contributed by atoms with van der Waals surface area (Å²) in [5.74, 6) is -1.15. The van der Waals surface area contributed by atoms with E-state index in [1.165, 1.54) is 12.3 Å². The van der Waals surface area contributed by atoms with E-state index in [1.54, 1.807) is 31.2 Å². The van der Waals surface area contributed by atoms with Gasteiger partial charge in [-0.25, -0.2) is 4.79 Å². The van der Waals surface area contributed by atoms with Gasteiger partial charge in [0.05, 0.1) is 11.8 Å². The molecule has 3 rings (SSSR count). The van der Waals surface area contributed by atoms with E-state index in [1.807, 2.05) is 32.9 Å². The monoisotopic (exact) mass is 405 g/mol. The molecule has 0 atom stereocenters. The number of benzene rings is 2. The third kappa shape index (κ3) is 4.66. The van der Waals surface area contributed by atoms with Gasteiger partial charge in [-0.05, 0) is 68.7 Å². The number of esters is 1. The van der Waals surface area contributed by atoms with Crippen molar-refractivity contribution in [2.24, 2.45) is 0 Å². The van der Waals surface area contributed by atoms with Crippen LogP contribution in [-0.2, 0) is 4.74 Å². The van der Waals surface area contributed by atoms with E-state index in [2.05, 4.69) is 5.32 Å². The van der Waals surface area contributed by atoms with Crippen molar-refractivity contribution in [1.82, 2.24) is 0 Å². The van der Waals surface area contributed by atoms with Crippen molar-refractivity contribution in [3.8, 4) is 0 Å². The summed E-state index contributed by atoms with van der Waals surface area (Å²) in [6.45, 7) is 7.14. The number of carbonyl (C=O) groups excluding carboxylic acids is 3. The Kier molecular flexibility index (Phi) is 6.16. The highest BCUT2D eigenvalue weighted by atomic mass is 16.5. The Balaban J connectivity index is 1.70. The van der Waals surface area contributed by atoms with Gasteiger partial charge >= 0.3 is 5.97 Å². The van der Waals surface area contributed by atoms with Crippen LogP contribution >= 0.6 is 0 Å². The third-order valence-corrected chi connectivity index (χ3v) is 4.76. The molecule has 6 heteroatoms. The Morgan fingerprint density at radius 2 is 1.63 bits per heavy atom. The highest BCUT2D eigenvalue weighted by Gasteiger charge is 2.17. The van der Waals surface area contributed by atoms with Gasteiger partial charge in [0.1, 0.15) is 0 Å². The molecule has 154 valence electrons. The SMILES string of the molecule is Cc1cc(C)c(C(=O)COC(=O)c2ccc(C)c(NC(=O)c3ccco3)c2)c(C)c1. The largest absolute Gasteiger partial charge is 0.459 e. The highest BCUT2D eigenvalue weighted by molar-refractivity contribution is 6.04. The van der Waals surface area contributed by atoms with Crippen LogP contribution < -0.4 is 5.32 Å². The van der Waals surface area contributed by atoms with Crippen LogP contribution in [0.5, 0.6) is 0 Å². The van der Waals surface area contributed by atoms with E-state index in [0.29, 0.717) is 11.3 Å². The van der Waals surface area contributed by atoms with Crippen LogP contribution in [0.4, 0.5) is 5.69 Å². The molecule has 30 heavy (non-hydrogen) atoms. The number of hydrogen-bond acceptors (Lipinski definition) is 5. The van der Waals surface area contributed by atoms with Gasteiger partial charge in [0, 0.05) is 11.3 Å². The van der Waals surface area contributed by atoms with Gasteiger partial charge in [-0.15, -0.1) is 0 Å². The van der Waals surface area contributed by atoms with Crippen molar-refractivity contribution in [3.63, 3.8) is 0 Å². The normalized spacial score (nSPS) is 10.5. The summed E-state index contributed by atoms with van der Waals surface area (Å²) in [5, 5.41) is 2.71. The molecule has 2 aromatic carbocycles. The molecule has 1 aromatic heterocycles. The lowest BCUT2D eigenvalue weighted by molar-refractivity contribution is 0.0474.